The van der Waals surface area contributed by atoms with E-state index in [0.29, 0.717) is 74.4 Å². The van der Waals surface area contributed by atoms with Gasteiger partial charge in [-0.15, -0.1) is 11.8 Å². The van der Waals surface area contributed by atoms with Crippen LogP contribution in [0.15, 0.2) is 23.1 Å². The van der Waals surface area contributed by atoms with E-state index in [1.807, 2.05) is 4.90 Å². The molecule has 0 saturated carbocycles. The van der Waals surface area contributed by atoms with Crippen molar-refractivity contribution in [2.24, 2.45) is 0 Å². The average Bonchev–Trinajstić information content (AvgIpc) is 3.30. The molecule has 2 N–H and O–H groups in total. The van der Waals surface area contributed by atoms with Gasteiger partial charge in [-0.25, -0.2) is 12.8 Å². The van der Waals surface area contributed by atoms with Crippen molar-refractivity contribution in [3.63, 3.8) is 0 Å². The van der Waals surface area contributed by atoms with Crippen molar-refractivity contribution in [3.05, 3.63) is 35.0 Å². The molecule has 1 aromatic heterocycles. The third-order valence-corrected chi connectivity index (χ3v) is 11.3. The van der Waals surface area contributed by atoms with Gasteiger partial charge in [-0.3, -0.25) is 9.58 Å². The van der Waals surface area contributed by atoms with E-state index < -0.39 is 39.6 Å². The minimum absolute atomic E-state index is 0.0314. The molecular weight excluding hydrogens is 634 g/mol. The Morgan fingerprint density at radius 1 is 1.13 bits per heavy atom. The first-order valence-corrected chi connectivity index (χ1v) is 18.3. The number of hydrogen-bond acceptors (Lipinski definition) is 8. The summed E-state index contributed by atoms with van der Waals surface area (Å²) in [5.74, 6) is 0.353. The first kappa shape index (κ1) is 34.6. The van der Waals surface area contributed by atoms with Gasteiger partial charge >= 0.3 is 6.18 Å². The first-order valence-electron chi connectivity index (χ1n) is 15.5. The fraction of sp³-hybridized carbons (Fsp3) is 0.700. The van der Waals surface area contributed by atoms with Gasteiger partial charge in [-0.1, -0.05) is 6.07 Å². The standard InChI is InChI=1S/C30H43F4N5O4S2/c1-29(41)8-12-37(13-9-29)18-23(40)19-39-26-7-11-38(45(2,42)43)20-24(26)28(35-39)21-5-6-25(30(32,33)34)27(16-21)44-15-14-36-10-3-4-22(31)17-36/h5-6,16,22-23,40-41H,3-4,7-15,17-20H2,1-2H3/t22?,23-/m0/s1. The Balaban J connectivity index is 1.41. The largest absolute Gasteiger partial charge is 0.417 e. The lowest BCUT2D eigenvalue weighted by atomic mass is 9.94. The molecule has 15 heteroatoms. The number of piperidine rings is 2. The zero-order valence-corrected chi connectivity index (χ0v) is 27.4. The van der Waals surface area contributed by atoms with Crippen LogP contribution in [0.4, 0.5) is 17.6 Å². The summed E-state index contributed by atoms with van der Waals surface area (Å²) in [4.78, 5) is 4.06. The molecule has 0 bridgehead atoms. The summed E-state index contributed by atoms with van der Waals surface area (Å²) in [7, 11) is -3.54. The maximum atomic E-state index is 14.0. The Hall–Kier alpha value is -1.75. The highest BCUT2D eigenvalue weighted by Crippen LogP contribution is 2.40. The summed E-state index contributed by atoms with van der Waals surface area (Å²) in [5.41, 5.74) is 0.723. The quantitative estimate of drug-likeness (QED) is 0.291. The van der Waals surface area contributed by atoms with E-state index in [4.69, 9.17) is 5.10 Å². The number of nitrogens with zero attached hydrogens (tertiary/aromatic N) is 5. The molecule has 2 aromatic rings. The summed E-state index contributed by atoms with van der Waals surface area (Å²) < 4.78 is 83.9. The van der Waals surface area contributed by atoms with Crippen molar-refractivity contribution in [1.29, 1.82) is 0 Å². The number of benzene rings is 1. The third-order valence-electron chi connectivity index (χ3n) is 9.03. The number of rotatable bonds is 10. The average molecular weight is 678 g/mol. The van der Waals surface area contributed by atoms with Crippen LogP contribution < -0.4 is 0 Å². The van der Waals surface area contributed by atoms with Gasteiger partial charge in [-0.05, 0) is 51.3 Å². The van der Waals surface area contributed by atoms with Gasteiger partial charge in [0.2, 0.25) is 10.0 Å². The topological polar surface area (TPSA) is 102 Å². The van der Waals surface area contributed by atoms with E-state index in [0.717, 1.165) is 42.7 Å². The monoisotopic (exact) mass is 677 g/mol. The number of alkyl halides is 4. The number of aliphatic hydroxyl groups is 2. The van der Waals surface area contributed by atoms with Gasteiger partial charge in [0.05, 0.1) is 35.8 Å². The molecule has 0 radical (unpaired) electrons. The van der Waals surface area contributed by atoms with E-state index in [9.17, 15) is 36.2 Å². The lowest BCUT2D eigenvalue weighted by Crippen LogP contribution is -2.45. The van der Waals surface area contributed by atoms with Gasteiger partial charge in [0.15, 0.2) is 0 Å². The number of thioether (sulfide) groups is 1. The number of likely N-dealkylation sites (tertiary alicyclic amines) is 2. The highest BCUT2D eigenvalue weighted by atomic mass is 32.2. The summed E-state index contributed by atoms with van der Waals surface area (Å²) in [5, 5.41) is 26.0. The maximum absolute atomic E-state index is 14.0. The molecule has 2 atom stereocenters. The number of hydrogen-bond donors (Lipinski definition) is 2. The van der Waals surface area contributed by atoms with Crippen LogP contribution in [0.3, 0.4) is 0 Å². The van der Waals surface area contributed by atoms with Gasteiger partial charge in [0.1, 0.15) is 6.17 Å². The Kier molecular flexibility index (Phi) is 10.6. The number of aromatic nitrogens is 2. The van der Waals surface area contributed by atoms with E-state index >= 15 is 0 Å². The molecular formula is C30H43F4N5O4S2. The van der Waals surface area contributed by atoms with Crippen LogP contribution in [0, 0.1) is 0 Å². The molecule has 1 aromatic carbocycles. The molecule has 3 aliphatic heterocycles. The minimum Gasteiger partial charge on any atom is -0.390 e. The van der Waals surface area contributed by atoms with Gasteiger partial charge < -0.3 is 15.1 Å². The van der Waals surface area contributed by atoms with E-state index in [1.54, 1.807) is 11.6 Å². The van der Waals surface area contributed by atoms with Crippen molar-refractivity contribution >= 4 is 21.8 Å². The number of aliphatic hydroxyl groups excluding tert-OH is 1. The predicted molar refractivity (Wildman–Crippen MR) is 165 cm³/mol. The number of fused-ring (bicyclic) bond motifs is 1. The molecule has 252 valence electrons. The van der Waals surface area contributed by atoms with Crippen LogP contribution in [0.1, 0.15) is 49.4 Å². The van der Waals surface area contributed by atoms with Crippen molar-refractivity contribution in [2.75, 3.05) is 57.8 Å². The normalized spacial score (nSPS) is 22.8. The predicted octanol–water partition coefficient (Wildman–Crippen LogP) is 3.62. The second kappa shape index (κ2) is 13.8. The molecule has 0 aliphatic carbocycles. The minimum atomic E-state index is -4.58. The van der Waals surface area contributed by atoms with E-state index in [1.165, 1.54) is 16.4 Å². The molecule has 4 heterocycles. The summed E-state index contributed by atoms with van der Waals surface area (Å²) >= 11 is 1.07. The van der Waals surface area contributed by atoms with Crippen molar-refractivity contribution in [3.8, 4) is 11.3 Å². The fourth-order valence-corrected chi connectivity index (χ4v) is 8.32. The summed E-state index contributed by atoms with van der Waals surface area (Å²) in [6.45, 7) is 5.35. The Bertz CT molecular complexity index is 1440. The Labute approximate surface area is 266 Å². The number of sulfonamides is 1. The first-order chi connectivity index (χ1) is 21.1. The Morgan fingerprint density at radius 3 is 2.53 bits per heavy atom. The molecule has 0 spiro atoms. The molecule has 1 unspecified atom stereocenters. The van der Waals surface area contributed by atoms with E-state index in [2.05, 4.69) is 4.90 Å². The van der Waals surface area contributed by atoms with Crippen molar-refractivity contribution < 1.29 is 36.2 Å². The molecule has 2 saturated heterocycles. The fourth-order valence-electron chi connectivity index (χ4n) is 6.41. The van der Waals surface area contributed by atoms with E-state index in [-0.39, 0.29) is 31.1 Å². The summed E-state index contributed by atoms with van der Waals surface area (Å²) in [6, 6.07) is 3.87. The second-order valence-corrected chi connectivity index (χ2v) is 16.0. The van der Waals surface area contributed by atoms with Crippen molar-refractivity contribution in [2.45, 2.75) is 81.1 Å². The lowest BCUT2D eigenvalue weighted by Gasteiger charge is -2.36. The van der Waals surface area contributed by atoms with Gasteiger partial charge in [0, 0.05) is 79.7 Å². The molecule has 2 fully saturated rings. The molecule has 0 amide bonds. The SMILES string of the molecule is CC1(O)CCN(C[C@H](O)Cn2nc(-c3ccc(C(F)(F)F)c(SCCN4CCCC(F)C4)c3)c3c2CCN(S(C)(=O)=O)C3)CC1. The second-order valence-electron chi connectivity index (χ2n) is 12.9. The van der Waals surface area contributed by atoms with Crippen LogP contribution in [-0.2, 0) is 35.7 Å². The molecule has 5 rings (SSSR count). The van der Waals surface area contributed by atoms with Gasteiger partial charge in [-0.2, -0.15) is 22.6 Å². The smallest absolute Gasteiger partial charge is 0.390 e. The third kappa shape index (κ3) is 8.79. The number of β-amino-alcohol motifs (C(OH)–C–C–N with tert-alkyl or cyclic N) is 1. The van der Waals surface area contributed by atoms with Gasteiger partial charge in [0.25, 0.3) is 0 Å². The highest BCUT2D eigenvalue weighted by molar-refractivity contribution is 7.99. The summed E-state index contributed by atoms with van der Waals surface area (Å²) in [6.07, 6.45) is -2.37. The lowest BCUT2D eigenvalue weighted by molar-refractivity contribution is -0.139. The number of halogens is 4. The Morgan fingerprint density at radius 2 is 1.87 bits per heavy atom. The van der Waals surface area contributed by atoms with Crippen LogP contribution in [-0.4, -0.2) is 118 Å². The zero-order chi connectivity index (χ0) is 32.6. The van der Waals surface area contributed by atoms with Crippen LogP contribution >= 0.6 is 11.8 Å². The molecule has 3 aliphatic rings. The zero-order valence-electron chi connectivity index (χ0n) is 25.8. The van der Waals surface area contributed by atoms with Crippen LogP contribution in [0.2, 0.25) is 0 Å². The maximum Gasteiger partial charge on any atom is 0.417 e. The van der Waals surface area contributed by atoms with Crippen molar-refractivity contribution in [1.82, 2.24) is 23.9 Å². The van der Waals surface area contributed by atoms with Crippen LogP contribution in [0.5, 0.6) is 0 Å². The molecule has 45 heavy (non-hydrogen) atoms. The highest BCUT2D eigenvalue weighted by Gasteiger charge is 2.35. The van der Waals surface area contributed by atoms with Crippen LogP contribution in [0.25, 0.3) is 11.3 Å². The molecule has 9 nitrogen and oxygen atoms in total.